The molecule has 0 aliphatic carbocycles. The highest BCUT2D eigenvalue weighted by molar-refractivity contribution is 5.57. The lowest BCUT2D eigenvalue weighted by Gasteiger charge is -2.27. The van der Waals surface area contributed by atoms with Gasteiger partial charge < -0.3 is 14.2 Å². The maximum atomic E-state index is 6.45. The smallest absolute Gasteiger partial charge is 0.138 e. The van der Waals surface area contributed by atoms with Crippen LogP contribution in [-0.2, 0) is 6.42 Å². The van der Waals surface area contributed by atoms with Gasteiger partial charge in [0.2, 0.25) is 0 Å². The van der Waals surface area contributed by atoms with Crippen molar-refractivity contribution in [2.75, 3.05) is 13.7 Å². The van der Waals surface area contributed by atoms with Crippen LogP contribution in [-0.4, -0.2) is 13.7 Å². The fraction of sp³-hybridized carbons (Fsp3) is 0.333. The van der Waals surface area contributed by atoms with Crippen LogP contribution in [0.5, 0.6) is 17.2 Å². The maximum Gasteiger partial charge on any atom is 0.138 e. The molecule has 0 saturated carbocycles. The van der Waals surface area contributed by atoms with Crippen LogP contribution >= 0.6 is 0 Å². The Morgan fingerprint density at radius 1 is 1.17 bits per heavy atom. The van der Waals surface area contributed by atoms with E-state index in [0.717, 1.165) is 34.8 Å². The fourth-order valence-corrected chi connectivity index (χ4v) is 3.61. The van der Waals surface area contributed by atoms with Crippen molar-refractivity contribution in [1.82, 2.24) is 0 Å². The first-order valence-corrected chi connectivity index (χ1v) is 8.40. The fourth-order valence-electron chi connectivity index (χ4n) is 3.61. The molecule has 24 heavy (non-hydrogen) atoms. The molecule has 0 bridgehead atoms. The molecule has 2 aliphatic heterocycles. The highest BCUT2D eigenvalue weighted by Gasteiger charge is 2.41. The lowest BCUT2D eigenvalue weighted by molar-refractivity contribution is 0.139. The van der Waals surface area contributed by atoms with Crippen molar-refractivity contribution < 1.29 is 14.2 Å². The minimum absolute atomic E-state index is 0.0301. The average molecular weight is 322 g/mol. The predicted molar refractivity (Wildman–Crippen MR) is 94.2 cm³/mol. The molecule has 4 rings (SSSR count). The summed E-state index contributed by atoms with van der Waals surface area (Å²) in [6.45, 7) is 4.88. The molecule has 2 aromatic carbocycles. The van der Waals surface area contributed by atoms with Crippen LogP contribution < -0.4 is 14.2 Å². The highest BCUT2D eigenvalue weighted by Crippen LogP contribution is 2.53. The summed E-state index contributed by atoms with van der Waals surface area (Å²) in [6.07, 6.45) is 3.06. The summed E-state index contributed by atoms with van der Waals surface area (Å²) in [6, 6.07) is 12.3. The van der Waals surface area contributed by atoms with Crippen LogP contribution in [0, 0.1) is 0 Å². The molecule has 0 saturated heterocycles. The second-order valence-electron chi connectivity index (χ2n) is 6.64. The summed E-state index contributed by atoms with van der Waals surface area (Å²) in [5.74, 6) is 3.04. The molecule has 0 unspecified atom stereocenters. The largest absolute Gasteiger partial charge is 0.496 e. The van der Waals surface area contributed by atoms with Crippen LogP contribution in [0.4, 0.5) is 0 Å². The zero-order chi connectivity index (χ0) is 16.7. The number of para-hydroxylation sites is 1. The number of benzene rings is 2. The minimum atomic E-state index is 0.0301. The van der Waals surface area contributed by atoms with Crippen molar-refractivity contribution in [3.63, 3.8) is 0 Å². The number of hydrogen-bond acceptors (Lipinski definition) is 3. The van der Waals surface area contributed by atoms with E-state index < -0.39 is 0 Å². The van der Waals surface area contributed by atoms with Crippen molar-refractivity contribution in [2.24, 2.45) is 0 Å². The molecule has 2 aromatic rings. The van der Waals surface area contributed by atoms with E-state index in [0.29, 0.717) is 6.61 Å². The summed E-state index contributed by atoms with van der Waals surface area (Å²) in [7, 11) is 1.72. The van der Waals surface area contributed by atoms with Gasteiger partial charge >= 0.3 is 0 Å². The van der Waals surface area contributed by atoms with Crippen molar-refractivity contribution in [3.8, 4) is 17.2 Å². The van der Waals surface area contributed by atoms with Crippen molar-refractivity contribution in [1.29, 1.82) is 0 Å². The molecule has 0 spiro atoms. The molecule has 2 atom stereocenters. The Morgan fingerprint density at radius 2 is 2.00 bits per heavy atom. The lowest BCUT2D eigenvalue weighted by Crippen LogP contribution is -2.22. The standard InChI is InChI=1S/C21H22O3/c1-13(2)8-9-16-18(22-3)11-10-14-17-12-23-19-7-5-4-6-15(19)21(17)24-20(14)16/h4-8,10-11,17,21H,9,12H2,1-3H3/t17-,21-/m1/s1. The molecule has 2 aliphatic rings. The van der Waals surface area contributed by atoms with Crippen LogP contribution in [0.1, 0.15) is 42.6 Å². The quantitative estimate of drug-likeness (QED) is 0.759. The average Bonchev–Trinajstić information content (AvgIpc) is 2.98. The Kier molecular flexibility index (Phi) is 3.72. The molecule has 0 N–H and O–H groups in total. The number of methoxy groups -OCH3 is 1. The Hall–Kier alpha value is -2.42. The third-order valence-electron chi connectivity index (χ3n) is 4.84. The maximum absolute atomic E-state index is 6.45. The second-order valence-corrected chi connectivity index (χ2v) is 6.64. The van der Waals surface area contributed by atoms with Gasteiger partial charge in [0.1, 0.15) is 23.4 Å². The summed E-state index contributed by atoms with van der Waals surface area (Å²) in [5, 5.41) is 0. The lowest BCUT2D eigenvalue weighted by atomic mass is 9.88. The molecule has 3 nitrogen and oxygen atoms in total. The zero-order valence-corrected chi connectivity index (χ0v) is 14.3. The number of rotatable bonds is 3. The van der Waals surface area contributed by atoms with Gasteiger partial charge in [-0.15, -0.1) is 0 Å². The summed E-state index contributed by atoms with van der Waals surface area (Å²) in [5.41, 5.74) is 4.78. The Bertz CT molecular complexity index is 803. The topological polar surface area (TPSA) is 27.7 Å². The molecule has 124 valence electrons. The molecule has 0 fully saturated rings. The molecule has 2 heterocycles. The van der Waals surface area contributed by atoms with Gasteiger partial charge in [-0.1, -0.05) is 35.9 Å². The van der Waals surface area contributed by atoms with Gasteiger partial charge in [-0.2, -0.15) is 0 Å². The van der Waals surface area contributed by atoms with Gasteiger partial charge in [0.25, 0.3) is 0 Å². The van der Waals surface area contributed by atoms with Gasteiger partial charge in [-0.05, 0) is 32.4 Å². The molecule has 0 amide bonds. The van der Waals surface area contributed by atoms with Crippen LogP contribution in [0.2, 0.25) is 0 Å². The van der Waals surface area contributed by atoms with E-state index in [9.17, 15) is 0 Å². The monoisotopic (exact) mass is 322 g/mol. The first-order valence-electron chi connectivity index (χ1n) is 8.40. The van der Waals surface area contributed by atoms with Crippen molar-refractivity contribution in [2.45, 2.75) is 32.3 Å². The zero-order valence-electron chi connectivity index (χ0n) is 14.3. The molecule has 0 aromatic heterocycles. The summed E-state index contributed by atoms with van der Waals surface area (Å²) < 4.78 is 18.0. The minimum Gasteiger partial charge on any atom is -0.496 e. The van der Waals surface area contributed by atoms with Crippen molar-refractivity contribution >= 4 is 0 Å². The Balaban J connectivity index is 1.79. The van der Waals surface area contributed by atoms with E-state index in [1.165, 1.54) is 11.1 Å². The first-order chi connectivity index (χ1) is 11.7. The normalized spacial score (nSPS) is 20.1. The number of ether oxygens (including phenoxy) is 3. The summed E-state index contributed by atoms with van der Waals surface area (Å²) in [4.78, 5) is 0. The van der Waals surface area contributed by atoms with E-state index in [1.54, 1.807) is 7.11 Å². The predicted octanol–water partition coefficient (Wildman–Crippen LogP) is 4.81. The Labute approximate surface area is 142 Å². The van der Waals surface area contributed by atoms with E-state index in [2.05, 4.69) is 38.1 Å². The number of allylic oxidation sites excluding steroid dienone is 2. The molecule has 0 radical (unpaired) electrons. The van der Waals surface area contributed by atoms with Crippen LogP contribution in [0.25, 0.3) is 0 Å². The SMILES string of the molecule is COc1ccc2c(c1CC=C(C)C)O[C@@H]1c3ccccc3OC[C@H]21. The van der Waals surface area contributed by atoms with E-state index in [4.69, 9.17) is 14.2 Å². The number of hydrogen-bond donors (Lipinski definition) is 0. The first kappa shape index (κ1) is 15.1. The van der Waals surface area contributed by atoms with Crippen LogP contribution in [0.3, 0.4) is 0 Å². The van der Waals surface area contributed by atoms with Gasteiger partial charge in [-0.25, -0.2) is 0 Å². The van der Waals surface area contributed by atoms with E-state index in [1.807, 2.05) is 18.2 Å². The van der Waals surface area contributed by atoms with Gasteiger partial charge in [0, 0.05) is 16.7 Å². The van der Waals surface area contributed by atoms with E-state index >= 15 is 0 Å². The third-order valence-corrected chi connectivity index (χ3v) is 4.84. The number of fused-ring (bicyclic) bond motifs is 5. The summed E-state index contributed by atoms with van der Waals surface area (Å²) >= 11 is 0. The molecular weight excluding hydrogens is 300 g/mol. The second kappa shape index (κ2) is 5.90. The van der Waals surface area contributed by atoms with Gasteiger partial charge in [0.05, 0.1) is 19.6 Å². The molecular formula is C21H22O3. The molecule has 3 heteroatoms. The van der Waals surface area contributed by atoms with E-state index in [-0.39, 0.29) is 12.0 Å². The van der Waals surface area contributed by atoms with Crippen molar-refractivity contribution in [3.05, 3.63) is 64.7 Å². The van der Waals surface area contributed by atoms with Gasteiger partial charge in [-0.3, -0.25) is 0 Å². The Morgan fingerprint density at radius 3 is 2.79 bits per heavy atom. The highest BCUT2D eigenvalue weighted by atomic mass is 16.5. The van der Waals surface area contributed by atoms with Crippen LogP contribution in [0.15, 0.2) is 48.0 Å². The van der Waals surface area contributed by atoms with Gasteiger partial charge in [0.15, 0.2) is 0 Å². The third kappa shape index (κ3) is 2.35.